The van der Waals surface area contributed by atoms with Crippen molar-refractivity contribution in [2.45, 2.75) is 51.5 Å². The van der Waals surface area contributed by atoms with Crippen LogP contribution in [0.25, 0.3) is 0 Å². The topological polar surface area (TPSA) is 35.6 Å². The first-order chi connectivity index (χ1) is 9.70. The van der Waals surface area contributed by atoms with Gasteiger partial charge in [0.05, 0.1) is 6.54 Å². The van der Waals surface area contributed by atoms with E-state index in [1.54, 1.807) is 0 Å². The minimum absolute atomic E-state index is 0.232. The lowest BCUT2D eigenvalue weighted by molar-refractivity contribution is -0.129. The third-order valence-electron chi connectivity index (χ3n) is 4.52. The van der Waals surface area contributed by atoms with Gasteiger partial charge in [-0.15, -0.1) is 0 Å². The monoisotopic (exact) mass is 279 g/mol. The number of likely N-dealkylation sites (N-methyl/N-ethyl adjacent to an activating group) is 2. The Morgan fingerprint density at radius 3 is 2.85 bits per heavy atom. The van der Waals surface area contributed by atoms with E-state index < -0.39 is 0 Å². The fraction of sp³-hybridized carbons (Fsp3) is 0.812. The van der Waals surface area contributed by atoms with Crippen molar-refractivity contribution in [1.82, 2.24) is 15.1 Å². The molecular weight excluding hydrogens is 250 g/mol. The molecule has 1 fully saturated rings. The number of amides is 1. The van der Waals surface area contributed by atoms with E-state index in [2.05, 4.69) is 23.2 Å². The number of carbonyl (C=O) groups is 1. The van der Waals surface area contributed by atoms with Crippen molar-refractivity contribution >= 4 is 5.91 Å². The zero-order valence-electron chi connectivity index (χ0n) is 13.0. The number of nitrogens with zero attached hydrogens (tertiary/aromatic N) is 2. The highest BCUT2D eigenvalue weighted by Gasteiger charge is 2.21. The number of hydrogen-bond donors (Lipinski definition) is 1. The molecule has 0 spiro atoms. The normalized spacial score (nSPS) is 22.9. The molecule has 1 amide bonds. The first kappa shape index (κ1) is 15.5. The zero-order valence-corrected chi connectivity index (χ0v) is 13.0. The molecule has 4 nitrogen and oxygen atoms in total. The molecule has 114 valence electrons. The van der Waals surface area contributed by atoms with Crippen molar-refractivity contribution in [3.8, 4) is 0 Å². The third-order valence-corrected chi connectivity index (χ3v) is 4.52. The second-order valence-corrected chi connectivity index (χ2v) is 6.02. The van der Waals surface area contributed by atoms with Crippen molar-refractivity contribution in [1.29, 1.82) is 0 Å². The average molecular weight is 279 g/mol. The SMILES string of the molecule is CCN(CC(=O)N(C)C1=CCCC1)CC1CCCCN1. The van der Waals surface area contributed by atoms with Crippen LogP contribution in [-0.4, -0.2) is 55.0 Å². The summed E-state index contributed by atoms with van der Waals surface area (Å²) < 4.78 is 0. The molecule has 1 atom stereocenters. The largest absolute Gasteiger partial charge is 0.318 e. The Morgan fingerprint density at radius 1 is 1.40 bits per heavy atom. The summed E-state index contributed by atoms with van der Waals surface area (Å²) in [6, 6.07) is 0.563. The summed E-state index contributed by atoms with van der Waals surface area (Å²) in [6.45, 7) is 5.75. The summed E-state index contributed by atoms with van der Waals surface area (Å²) >= 11 is 0. The number of piperidine rings is 1. The van der Waals surface area contributed by atoms with Crippen LogP contribution in [-0.2, 0) is 4.79 Å². The Bertz CT molecular complexity index is 348. The maximum atomic E-state index is 12.4. The van der Waals surface area contributed by atoms with Gasteiger partial charge in [0.1, 0.15) is 0 Å². The summed E-state index contributed by atoms with van der Waals surface area (Å²) in [4.78, 5) is 16.5. The molecule has 0 bridgehead atoms. The minimum atomic E-state index is 0.232. The van der Waals surface area contributed by atoms with Crippen molar-refractivity contribution in [2.24, 2.45) is 0 Å². The molecule has 1 saturated heterocycles. The number of nitrogens with one attached hydrogen (secondary N) is 1. The van der Waals surface area contributed by atoms with Crippen molar-refractivity contribution in [3.05, 3.63) is 11.8 Å². The molecule has 1 aliphatic carbocycles. The van der Waals surface area contributed by atoms with Gasteiger partial charge in [0, 0.05) is 25.3 Å². The molecule has 0 radical (unpaired) electrons. The van der Waals surface area contributed by atoms with Gasteiger partial charge in [-0.05, 0) is 45.2 Å². The molecule has 2 rings (SSSR count). The van der Waals surface area contributed by atoms with E-state index in [-0.39, 0.29) is 5.91 Å². The molecular formula is C16H29N3O. The van der Waals surface area contributed by atoms with Gasteiger partial charge in [0.15, 0.2) is 0 Å². The lowest BCUT2D eigenvalue weighted by Crippen LogP contribution is -2.46. The van der Waals surface area contributed by atoms with Crippen LogP contribution in [0.5, 0.6) is 0 Å². The Balaban J connectivity index is 1.80. The van der Waals surface area contributed by atoms with E-state index in [0.29, 0.717) is 12.6 Å². The highest BCUT2D eigenvalue weighted by molar-refractivity contribution is 5.79. The highest BCUT2D eigenvalue weighted by atomic mass is 16.2. The fourth-order valence-corrected chi connectivity index (χ4v) is 3.11. The van der Waals surface area contributed by atoms with Crippen LogP contribution in [0.15, 0.2) is 11.8 Å². The smallest absolute Gasteiger partial charge is 0.240 e. The molecule has 4 heteroatoms. The summed E-state index contributed by atoms with van der Waals surface area (Å²) in [6.07, 6.45) is 9.42. The highest BCUT2D eigenvalue weighted by Crippen LogP contribution is 2.20. The Hall–Kier alpha value is -0.870. The molecule has 0 aromatic heterocycles. The Morgan fingerprint density at radius 2 is 2.25 bits per heavy atom. The van der Waals surface area contributed by atoms with Crippen molar-refractivity contribution < 1.29 is 4.79 Å². The van der Waals surface area contributed by atoms with Gasteiger partial charge in [0.25, 0.3) is 0 Å². The zero-order chi connectivity index (χ0) is 14.4. The second-order valence-electron chi connectivity index (χ2n) is 6.02. The summed E-state index contributed by atoms with van der Waals surface area (Å²) in [7, 11) is 1.92. The average Bonchev–Trinajstić information content (AvgIpc) is 3.01. The quantitative estimate of drug-likeness (QED) is 0.807. The van der Waals surface area contributed by atoms with Crippen LogP contribution in [0, 0.1) is 0 Å². The molecule has 1 N–H and O–H groups in total. The molecule has 0 aromatic rings. The van der Waals surface area contributed by atoms with Gasteiger partial charge in [-0.2, -0.15) is 0 Å². The van der Waals surface area contributed by atoms with Crippen LogP contribution in [0.2, 0.25) is 0 Å². The number of carbonyl (C=O) groups excluding carboxylic acids is 1. The number of allylic oxidation sites excluding steroid dienone is 2. The van der Waals surface area contributed by atoms with Gasteiger partial charge in [-0.3, -0.25) is 9.69 Å². The van der Waals surface area contributed by atoms with Crippen LogP contribution in [0.1, 0.15) is 45.4 Å². The van der Waals surface area contributed by atoms with Gasteiger partial charge in [-0.25, -0.2) is 0 Å². The van der Waals surface area contributed by atoms with Crippen molar-refractivity contribution in [3.63, 3.8) is 0 Å². The van der Waals surface area contributed by atoms with Crippen LogP contribution in [0.3, 0.4) is 0 Å². The predicted octanol–water partition coefficient (Wildman–Crippen LogP) is 1.98. The molecule has 1 aliphatic heterocycles. The Kier molecular flexibility index (Phi) is 6.05. The minimum Gasteiger partial charge on any atom is -0.318 e. The number of rotatable bonds is 6. The van der Waals surface area contributed by atoms with Crippen LogP contribution < -0.4 is 5.32 Å². The van der Waals surface area contributed by atoms with Gasteiger partial charge >= 0.3 is 0 Å². The Labute approximate surface area is 123 Å². The summed E-state index contributed by atoms with van der Waals surface area (Å²) in [5.41, 5.74) is 1.21. The maximum absolute atomic E-state index is 12.4. The van der Waals surface area contributed by atoms with Crippen LogP contribution in [0.4, 0.5) is 0 Å². The van der Waals surface area contributed by atoms with Gasteiger partial charge < -0.3 is 10.2 Å². The van der Waals surface area contributed by atoms with E-state index in [1.165, 1.54) is 31.4 Å². The van der Waals surface area contributed by atoms with E-state index in [9.17, 15) is 4.79 Å². The van der Waals surface area contributed by atoms with E-state index in [4.69, 9.17) is 0 Å². The van der Waals surface area contributed by atoms with Crippen LogP contribution >= 0.6 is 0 Å². The molecule has 1 heterocycles. The van der Waals surface area contributed by atoms with Gasteiger partial charge in [0.2, 0.25) is 5.91 Å². The third kappa shape index (κ3) is 4.32. The lowest BCUT2D eigenvalue weighted by atomic mass is 10.0. The maximum Gasteiger partial charge on any atom is 0.240 e. The number of hydrogen-bond acceptors (Lipinski definition) is 3. The van der Waals surface area contributed by atoms with E-state index in [1.807, 2.05) is 11.9 Å². The fourth-order valence-electron chi connectivity index (χ4n) is 3.11. The summed E-state index contributed by atoms with van der Waals surface area (Å²) in [5, 5.41) is 3.56. The second kappa shape index (κ2) is 7.79. The van der Waals surface area contributed by atoms with E-state index >= 15 is 0 Å². The standard InChI is InChI=1S/C16H29N3O/c1-3-19(12-14-8-6-7-11-17-14)13-16(20)18(2)15-9-4-5-10-15/h9,14,17H,3-8,10-13H2,1-2H3. The first-order valence-electron chi connectivity index (χ1n) is 8.12. The summed E-state index contributed by atoms with van der Waals surface area (Å²) in [5.74, 6) is 0.232. The van der Waals surface area contributed by atoms with Crippen molar-refractivity contribution in [2.75, 3.05) is 33.2 Å². The first-order valence-corrected chi connectivity index (χ1v) is 8.12. The molecule has 20 heavy (non-hydrogen) atoms. The molecule has 1 unspecified atom stereocenters. The lowest BCUT2D eigenvalue weighted by Gasteiger charge is -2.30. The molecule has 0 aromatic carbocycles. The molecule has 0 saturated carbocycles. The molecule has 2 aliphatic rings. The van der Waals surface area contributed by atoms with E-state index in [0.717, 1.165) is 32.5 Å². The van der Waals surface area contributed by atoms with Gasteiger partial charge in [-0.1, -0.05) is 19.4 Å². The predicted molar refractivity (Wildman–Crippen MR) is 82.5 cm³/mol.